The van der Waals surface area contributed by atoms with Crippen LogP contribution in [0, 0.1) is 18.7 Å². The van der Waals surface area contributed by atoms with E-state index in [0.717, 1.165) is 12.1 Å². The lowest BCUT2D eigenvalue weighted by Gasteiger charge is -2.31. The number of rotatable bonds is 5. The molecule has 0 spiro atoms. The lowest BCUT2D eigenvalue weighted by atomic mass is 9.98. The zero-order valence-electron chi connectivity index (χ0n) is 16.8. The van der Waals surface area contributed by atoms with Crippen molar-refractivity contribution < 1.29 is 22.1 Å². The smallest absolute Gasteiger partial charge is 0.243 e. The predicted octanol–water partition coefficient (Wildman–Crippen LogP) is 3.22. The minimum atomic E-state index is -3.81. The largest absolute Gasteiger partial charge is 0.339 e. The molecule has 0 bridgehead atoms. The molecule has 10 heteroatoms. The fourth-order valence-corrected chi connectivity index (χ4v) is 5.08. The number of sulfonamides is 1. The molecule has 162 valence electrons. The van der Waals surface area contributed by atoms with Crippen LogP contribution in [0.5, 0.6) is 0 Å². The van der Waals surface area contributed by atoms with E-state index in [2.05, 4.69) is 15.5 Å². The number of anilines is 1. The Kier molecular flexibility index (Phi) is 5.84. The Hall–Kier alpha value is -3.11. The van der Waals surface area contributed by atoms with Gasteiger partial charge < -0.3 is 9.84 Å². The van der Waals surface area contributed by atoms with Crippen molar-refractivity contribution in [3.05, 3.63) is 60.2 Å². The third-order valence-electron chi connectivity index (χ3n) is 5.16. The normalized spacial score (nSPS) is 17.4. The van der Waals surface area contributed by atoms with E-state index >= 15 is 0 Å². The minimum absolute atomic E-state index is 0.00720. The van der Waals surface area contributed by atoms with Gasteiger partial charge in [0.05, 0.1) is 16.5 Å². The first-order chi connectivity index (χ1) is 14.8. The van der Waals surface area contributed by atoms with Crippen molar-refractivity contribution in [2.75, 3.05) is 18.4 Å². The number of amides is 1. The highest BCUT2D eigenvalue weighted by molar-refractivity contribution is 7.89. The zero-order chi connectivity index (χ0) is 22.0. The zero-order valence-corrected chi connectivity index (χ0v) is 17.6. The number of hydrogen-bond donors (Lipinski definition) is 1. The summed E-state index contributed by atoms with van der Waals surface area (Å²) in [7, 11) is -3.81. The van der Waals surface area contributed by atoms with E-state index in [1.807, 2.05) is 0 Å². The van der Waals surface area contributed by atoms with Gasteiger partial charge in [-0.3, -0.25) is 4.79 Å². The lowest BCUT2D eigenvalue weighted by Crippen LogP contribution is -2.43. The summed E-state index contributed by atoms with van der Waals surface area (Å²) in [5, 5.41) is 6.77. The van der Waals surface area contributed by atoms with Crippen molar-refractivity contribution in [3.8, 4) is 11.4 Å². The second kappa shape index (κ2) is 8.56. The van der Waals surface area contributed by atoms with Gasteiger partial charge in [0.25, 0.3) is 0 Å². The van der Waals surface area contributed by atoms with E-state index in [0.29, 0.717) is 42.4 Å². The summed E-state index contributed by atoms with van der Waals surface area (Å²) in [5.41, 5.74) is 1.13. The van der Waals surface area contributed by atoms with Crippen LogP contribution in [0.2, 0.25) is 0 Å². The van der Waals surface area contributed by atoms with Crippen LogP contribution < -0.4 is 5.32 Å². The fraction of sp³-hybridized carbons (Fsp3) is 0.286. The van der Waals surface area contributed by atoms with Gasteiger partial charge in [0, 0.05) is 25.6 Å². The number of benzene rings is 2. The van der Waals surface area contributed by atoms with Gasteiger partial charge >= 0.3 is 0 Å². The van der Waals surface area contributed by atoms with E-state index in [1.165, 1.54) is 16.4 Å². The van der Waals surface area contributed by atoms with Crippen LogP contribution in [0.1, 0.15) is 18.7 Å². The SMILES string of the molecule is Cc1nc(-c2ccccc2NC(=O)C2CCCN(S(=O)(=O)c3ccc(F)cc3)C2)no1. The van der Waals surface area contributed by atoms with Crippen LogP contribution in [0.3, 0.4) is 0 Å². The van der Waals surface area contributed by atoms with Crippen LogP contribution in [0.15, 0.2) is 57.9 Å². The monoisotopic (exact) mass is 444 g/mol. The Bertz CT molecular complexity index is 1190. The molecule has 0 radical (unpaired) electrons. The predicted molar refractivity (Wildman–Crippen MR) is 111 cm³/mol. The van der Waals surface area contributed by atoms with Crippen molar-refractivity contribution in [2.24, 2.45) is 5.92 Å². The van der Waals surface area contributed by atoms with Crippen LogP contribution in [-0.2, 0) is 14.8 Å². The fourth-order valence-electron chi connectivity index (χ4n) is 3.56. The van der Waals surface area contributed by atoms with Crippen molar-refractivity contribution in [3.63, 3.8) is 0 Å². The number of carbonyl (C=O) groups is 1. The van der Waals surface area contributed by atoms with Crippen LogP contribution >= 0.6 is 0 Å². The number of carbonyl (C=O) groups excluding carboxylic acids is 1. The molecule has 1 amide bonds. The van der Waals surface area contributed by atoms with Gasteiger partial charge in [-0.1, -0.05) is 17.3 Å². The van der Waals surface area contributed by atoms with E-state index in [1.54, 1.807) is 31.2 Å². The average molecular weight is 444 g/mol. The first-order valence-corrected chi connectivity index (χ1v) is 11.2. The molecule has 2 aromatic carbocycles. The Morgan fingerprint density at radius 3 is 2.65 bits per heavy atom. The van der Waals surface area contributed by atoms with Crippen molar-refractivity contribution in [1.82, 2.24) is 14.4 Å². The van der Waals surface area contributed by atoms with E-state index in [-0.39, 0.29) is 17.3 Å². The number of piperidine rings is 1. The van der Waals surface area contributed by atoms with Crippen molar-refractivity contribution in [1.29, 1.82) is 0 Å². The molecule has 1 fully saturated rings. The molecular weight excluding hydrogens is 423 g/mol. The molecule has 3 aromatic rings. The molecule has 2 heterocycles. The number of nitrogens with one attached hydrogen (secondary N) is 1. The standard InChI is InChI=1S/C21H21FN4O4S/c1-14-23-20(25-30-14)18-6-2-3-7-19(18)24-21(27)15-5-4-12-26(13-15)31(28,29)17-10-8-16(22)9-11-17/h2-3,6-11,15H,4-5,12-13H2,1H3,(H,24,27). The molecule has 1 aliphatic heterocycles. The summed E-state index contributed by atoms with van der Waals surface area (Å²) >= 11 is 0. The molecule has 1 saturated heterocycles. The molecule has 0 saturated carbocycles. The molecule has 1 aromatic heterocycles. The highest BCUT2D eigenvalue weighted by Gasteiger charge is 2.33. The molecule has 1 unspecified atom stereocenters. The maximum absolute atomic E-state index is 13.2. The summed E-state index contributed by atoms with van der Waals surface area (Å²) in [4.78, 5) is 17.2. The molecule has 1 N–H and O–H groups in total. The van der Waals surface area contributed by atoms with Gasteiger partial charge in [0.2, 0.25) is 27.6 Å². The summed E-state index contributed by atoms with van der Waals surface area (Å²) in [6.45, 7) is 2.03. The quantitative estimate of drug-likeness (QED) is 0.648. The number of aryl methyl sites for hydroxylation is 1. The van der Waals surface area contributed by atoms with E-state index < -0.39 is 21.8 Å². The Morgan fingerprint density at radius 1 is 1.19 bits per heavy atom. The second-order valence-electron chi connectivity index (χ2n) is 7.33. The highest BCUT2D eigenvalue weighted by atomic mass is 32.2. The summed E-state index contributed by atoms with van der Waals surface area (Å²) in [5.74, 6) is -0.552. The number of hydrogen-bond acceptors (Lipinski definition) is 6. The molecule has 31 heavy (non-hydrogen) atoms. The van der Waals surface area contributed by atoms with Gasteiger partial charge in [-0.05, 0) is 49.2 Å². The number of halogens is 1. The molecule has 0 aliphatic carbocycles. The Labute approximate surface area is 179 Å². The first-order valence-electron chi connectivity index (χ1n) is 9.81. The van der Waals surface area contributed by atoms with Crippen LogP contribution in [-0.4, -0.2) is 41.9 Å². The third kappa shape index (κ3) is 4.49. The van der Waals surface area contributed by atoms with Crippen molar-refractivity contribution in [2.45, 2.75) is 24.7 Å². The summed E-state index contributed by atoms with van der Waals surface area (Å²) in [6.07, 6.45) is 1.11. The van der Waals surface area contributed by atoms with Crippen LogP contribution in [0.4, 0.5) is 10.1 Å². The van der Waals surface area contributed by atoms with Crippen LogP contribution in [0.25, 0.3) is 11.4 Å². The first kappa shape index (κ1) is 21.1. The van der Waals surface area contributed by atoms with Gasteiger partial charge in [0.15, 0.2) is 0 Å². The van der Waals surface area contributed by atoms with Gasteiger partial charge in [-0.2, -0.15) is 9.29 Å². The average Bonchev–Trinajstić information content (AvgIpc) is 3.20. The maximum atomic E-state index is 13.2. The Balaban J connectivity index is 1.51. The second-order valence-corrected chi connectivity index (χ2v) is 9.27. The van der Waals surface area contributed by atoms with Gasteiger partial charge in [-0.15, -0.1) is 0 Å². The molecule has 1 atom stereocenters. The number of aromatic nitrogens is 2. The number of para-hydroxylation sites is 1. The van der Waals surface area contributed by atoms with E-state index in [4.69, 9.17) is 4.52 Å². The molecule has 4 rings (SSSR count). The molecule has 8 nitrogen and oxygen atoms in total. The molecule has 1 aliphatic rings. The summed E-state index contributed by atoms with van der Waals surface area (Å²) in [6, 6.07) is 11.8. The van der Waals surface area contributed by atoms with Crippen molar-refractivity contribution >= 4 is 21.6 Å². The molecular formula is C21H21FN4O4S. The highest BCUT2D eigenvalue weighted by Crippen LogP contribution is 2.28. The van der Waals surface area contributed by atoms with Gasteiger partial charge in [0.1, 0.15) is 5.82 Å². The summed E-state index contributed by atoms with van der Waals surface area (Å²) < 4.78 is 45.3. The van der Waals surface area contributed by atoms with Gasteiger partial charge in [-0.25, -0.2) is 12.8 Å². The minimum Gasteiger partial charge on any atom is -0.339 e. The topological polar surface area (TPSA) is 105 Å². The lowest BCUT2D eigenvalue weighted by molar-refractivity contribution is -0.120. The number of nitrogens with zero attached hydrogens (tertiary/aromatic N) is 3. The third-order valence-corrected chi connectivity index (χ3v) is 7.04. The van der Waals surface area contributed by atoms with E-state index in [9.17, 15) is 17.6 Å². The Morgan fingerprint density at radius 2 is 1.94 bits per heavy atom. The maximum Gasteiger partial charge on any atom is 0.243 e.